The summed E-state index contributed by atoms with van der Waals surface area (Å²) in [4.78, 5) is 16.6. The molecule has 1 saturated heterocycles. The van der Waals surface area contributed by atoms with Crippen molar-refractivity contribution in [3.05, 3.63) is 29.8 Å². The van der Waals surface area contributed by atoms with Gasteiger partial charge in [0, 0.05) is 44.4 Å². The number of carbonyl (C=O) groups excluding carboxylic acids is 1. The second-order valence-electron chi connectivity index (χ2n) is 5.30. The molecule has 1 aliphatic heterocycles. The molecule has 1 aromatic carbocycles. The summed E-state index contributed by atoms with van der Waals surface area (Å²) < 4.78 is 1.61. The molecule has 7 heteroatoms. The molecule has 21 heavy (non-hydrogen) atoms. The molecule has 3 rings (SSSR count). The monoisotopic (exact) mass is 286 g/mol. The van der Waals surface area contributed by atoms with Crippen LogP contribution in [0.4, 0.5) is 0 Å². The molecule has 0 atom stereocenters. The summed E-state index contributed by atoms with van der Waals surface area (Å²) in [6.45, 7) is 3.41. The first-order chi connectivity index (χ1) is 10.1. The first-order valence-electron chi connectivity index (χ1n) is 6.96. The summed E-state index contributed by atoms with van der Waals surface area (Å²) in [6, 6.07) is 7.44. The third-order valence-electron chi connectivity index (χ3n) is 3.80. The lowest BCUT2D eigenvalue weighted by molar-refractivity contribution is 0.0664. The fourth-order valence-corrected chi connectivity index (χ4v) is 2.43. The lowest BCUT2D eigenvalue weighted by atomic mass is 10.1. The summed E-state index contributed by atoms with van der Waals surface area (Å²) in [5.41, 5.74) is 1.61. The van der Waals surface area contributed by atoms with Gasteiger partial charge in [0.05, 0.1) is 0 Å². The number of hydrogen-bond acceptors (Lipinski definition) is 5. The summed E-state index contributed by atoms with van der Waals surface area (Å²) in [5.74, 6) is 0.777. The van der Waals surface area contributed by atoms with E-state index in [4.69, 9.17) is 0 Å². The van der Waals surface area contributed by atoms with Crippen LogP contribution in [-0.2, 0) is 7.05 Å². The van der Waals surface area contributed by atoms with Gasteiger partial charge in [-0.1, -0.05) is 12.1 Å². The summed E-state index contributed by atoms with van der Waals surface area (Å²) in [7, 11) is 3.87. The maximum absolute atomic E-state index is 12.4. The van der Waals surface area contributed by atoms with Crippen LogP contribution in [0.15, 0.2) is 24.3 Å². The highest BCUT2D eigenvalue weighted by Gasteiger charge is 2.20. The van der Waals surface area contributed by atoms with Crippen molar-refractivity contribution in [1.29, 1.82) is 0 Å². The Hall–Kier alpha value is -2.28. The highest BCUT2D eigenvalue weighted by Crippen LogP contribution is 2.17. The molecule has 7 nitrogen and oxygen atoms in total. The summed E-state index contributed by atoms with van der Waals surface area (Å²) in [5, 5.41) is 11.4. The third kappa shape index (κ3) is 2.78. The van der Waals surface area contributed by atoms with Gasteiger partial charge in [-0.3, -0.25) is 4.79 Å². The molecule has 110 valence electrons. The number of likely N-dealkylation sites (N-methyl/N-ethyl adjacent to an activating group) is 1. The Bertz CT molecular complexity index is 627. The average molecular weight is 286 g/mol. The van der Waals surface area contributed by atoms with E-state index < -0.39 is 0 Å². The topological polar surface area (TPSA) is 67.2 Å². The van der Waals surface area contributed by atoms with Crippen LogP contribution in [0.1, 0.15) is 10.4 Å². The zero-order valence-corrected chi connectivity index (χ0v) is 12.2. The number of aromatic nitrogens is 4. The van der Waals surface area contributed by atoms with E-state index in [2.05, 4.69) is 27.5 Å². The van der Waals surface area contributed by atoms with Gasteiger partial charge in [0.2, 0.25) is 0 Å². The number of benzene rings is 1. The number of rotatable bonds is 2. The molecule has 1 amide bonds. The van der Waals surface area contributed by atoms with E-state index in [0.717, 1.165) is 31.7 Å². The zero-order chi connectivity index (χ0) is 14.8. The van der Waals surface area contributed by atoms with Gasteiger partial charge in [-0.05, 0) is 29.6 Å². The van der Waals surface area contributed by atoms with Crippen molar-refractivity contribution < 1.29 is 4.79 Å². The maximum Gasteiger partial charge on any atom is 0.253 e. The van der Waals surface area contributed by atoms with Crippen LogP contribution in [0.5, 0.6) is 0 Å². The lowest BCUT2D eigenvalue weighted by Crippen LogP contribution is -2.47. The molecule has 2 aromatic rings. The molecule has 1 aromatic heterocycles. The maximum atomic E-state index is 12.4. The average Bonchev–Trinajstić information content (AvgIpc) is 2.94. The van der Waals surface area contributed by atoms with Crippen molar-refractivity contribution >= 4 is 5.91 Å². The van der Waals surface area contributed by atoms with Gasteiger partial charge < -0.3 is 9.80 Å². The van der Waals surface area contributed by atoms with Crippen molar-refractivity contribution in [3.63, 3.8) is 0 Å². The second kappa shape index (κ2) is 5.61. The van der Waals surface area contributed by atoms with E-state index in [0.29, 0.717) is 11.4 Å². The largest absolute Gasteiger partial charge is 0.336 e. The van der Waals surface area contributed by atoms with E-state index in [1.807, 2.05) is 29.2 Å². The first kappa shape index (κ1) is 13.7. The van der Waals surface area contributed by atoms with E-state index in [-0.39, 0.29) is 5.91 Å². The standard InChI is InChI=1S/C14H18N6O/c1-18-7-9-20(10-8-18)14(21)12-5-3-11(4-6-12)13-15-16-17-19(13)2/h3-6H,7-10H2,1-2H3. The minimum absolute atomic E-state index is 0.0886. The lowest BCUT2D eigenvalue weighted by Gasteiger charge is -2.32. The molecule has 1 aliphatic rings. The Morgan fingerprint density at radius 3 is 2.29 bits per heavy atom. The number of amides is 1. The number of aryl methyl sites for hydroxylation is 1. The number of carbonyl (C=O) groups is 1. The van der Waals surface area contributed by atoms with Crippen LogP contribution in [0.2, 0.25) is 0 Å². The van der Waals surface area contributed by atoms with Gasteiger partial charge in [-0.25, -0.2) is 4.68 Å². The SMILES string of the molecule is CN1CCN(C(=O)c2ccc(-c3nnnn3C)cc2)CC1. The fraction of sp³-hybridized carbons (Fsp3) is 0.429. The quantitative estimate of drug-likeness (QED) is 0.792. The van der Waals surface area contributed by atoms with E-state index in [1.54, 1.807) is 11.7 Å². The van der Waals surface area contributed by atoms with Crippen LogP contribution in [0.25, 0.3) is 11.4 Å². The molecular weight excluding hydrogens is 268 g/mol. The number of piperazine rings is 1. The number of nitrogens with zero attached hydrogens (tertiary/aromatic N) is 6. The van der Waals surface area contributed by atoms with Crippen LogP contribution in [-0.4, -0.2) is 69.1 Å². The Morgan fingerprint density at radius 1 is 1.05 bits per heavy atom. The van der Waals surface area contributed by atoms with Crippen molar-refractivity contribution in [2.24, 2.45) is 7.05 Å². The summed E-state index contributed by atoms with van der Waals surface area (Å²) in [6.07, 6.45) is 0. The Labute approximate surface area is 123 Å². The predicted octanol–water partition coefficient (Wildman–Crippen LogP) is 0.265. The summed E-state index contributed by atoms with van der Waals surface area (Å²) >= 11 is 0. The molecule has 0 unspecified atom stereocenters. The molecular formula is C14H18N6O. The van der Waals surface area contributed by atoms with Crippen molar-refractivity contribution in [3.8, 4) is 11.4 Å². The molecule has 0 bridgehead atoms. The molecule has 0 aliphatic carbocycles. The number of tetrazole rings is 1. The van der Waals surface area contributed by atoms with E-state index in [1.165, 1.54) is 0 Å². The van der Waals surface area contributed by atoms with Gasteiger partial charge in [0.25, 0.3) is 5.91 Å². The highest BCUT2D eigenvalue weighted by molar-refractivity contribution is 5.94. The van der Waals surface area contributed by atoms with Gasteiger partial charge in [0.15, 0.2) is 5.82 Å². The first-order valence-corrected chi connectivity index (χ1v) is 6.96. The Kier molecular flexibility index (Phi) is 3.66. The number of hydrogen-bond donors (Lipinski definition) is 0. The predicted molar refractivity (Wildman–Crippen MR) is 77.6 cm³/mol. The van der Waals surface area contributed by atoms with Crippen molar-refractivity contribution in [2.75, 3.05) is 33.2 Å². The van der Waals surface area contributed by atoms with Crippen LogP contribution >= 0.6 is 0 Å². The smallest absolute Gasteiger partial charge is 0.253 e. The van der Waals surface area contributed by atoms with Gasteiger partial charge in [-0.15, -0.1) is 5.10 Å². The minimum Gasteiger partial charge on any atom is -0.336 e. The van der Waals surface area contributed by atoms with Gasteiger partial charge in [0.1, 0.15) is 0 Å². The van der Waals surface area contributed by atoms with E-state index in [9.17, 15) is 4.79 Å². The molecule has 2 heterocycles. The molecule has 0 radical (unpaired) electrons. The van der Waals surface area contributed by atoms with Gasteiger partial charge >= 0.3 is 0 Å². The van der Waals surface area contributed by atoms with Crippen LogP contribution in [0.3, 0.4) is 0 Å². The van der Waals surface area contributed by atoms with Crippen LogP contribution in [0, 0.1) is 0 Å². The Balaban J connectivity index is 1.75. The molecule has 0 saturated carbocycles. The Morgan fingerprint density at radius 2 is 1.71 bits per heavy atom. The third-order valence-corrected chi connectivity index (χ3v) is 3.80. The second-order valence-corrected chi connectivity index (χ2v) is 5.30. The molecule has 0 spiro atoms. The highest BCUT2D eigenvalue weighted by atomic mass is 16.2. The van der Waals surface area contributed by atoms with Gasteiger partial charge in [-0.2, -0.15) is 0 Å². The van der Waals surface area contributed by atoms with Crippen LogP contribution < -0.4 is 0 Å². The van der Waals surface area contributed by atoms with Crippen molar-refractivity contribution in [2.45, 2.75) is 0 Å². The minimum atomic E-state index is 0.0886. The fourth-order valence-electron chi connectivity index (χ4n) is 2.43. The zero-order valence-electron chi connectivity index (χ0n) is 12.2. The normalized spacial score (nSPS) is 16.2. The molecule has 0 N–H and O–H groups in total. The van der Waals surface area contributed by atoms with Crippen molar-refractivity contribution in [1.82, 2.24) is 30.0 Å². The molecule has 1 fully saturated rings. The van der Waals surface area contributed by atoms with E-state index >= 15 is 0 Å².